The number of fused-ring (bicyclic) bond motifs is 1. The topological polar surface area (TPSA) is 26.0 Å². The Morgan fingerprint density at radius 3 is 2.38 bits per heavy atom. The summed E-state index contributed by atoms with van der Waals surface area (Å²) >= 11 is 0. The van der Waals surface area contributed by atoms with E-state index in [9.17, 15) is 0 Å². The van der Waals surface area contributed by atoms with Crippen LogP contribution in [0.1, 0.15) is 19.8 Å². The molecule has 0 aromatic rings. The largest absolute Gasteiger partial charge is 0.327 e. The van der Waals surface area contributed by atoms with E-state index in [2.05, 4.69) is 6.92 Å². The second kappa shape index (κ2) is 1.27. The maximum atomic E-state index is 5.86. The fourth-order valence-corrected chi connectivity index (χ4v) is 2.07. The molecule has 4 atom stereocenters. The van der Waals surface area contributed by atoms with Crippen molar-refractivity contribution < 1.29 is 0 Å². The van der Waals surface area contributed by atoms with Gasteiger partial charge in [-0.15, -0.1) is 0 Å². The van der Waals surface area contributed by atoms with Gasteiger partial charge in [0.1, 0.15) is 0 Å². The Morgan fingerprint density at radius 1 is 1.38 bits per heavy atom. The second-order valence-electron chi connectivity index (χ2n) is 3.45. The smallest absolute Gasteiger partial charge is 0.00958 e. The lowest BCUT2D eigenvalue weighted by molar-refractivity contribution is 0.461. The molecule has 1 nitrogen and oxygen atoms in total. The van der Waals surface area contributed by atoms with Gasteiger partial charge < -0.3 is 5.73 Å². The summed E-state index contributed by atoms with van der Waals surface area (Å²) in [5, 5.41) is 0. The Labute approximate surface area is 50.3 Å². The lowest BCUT2D eigenvalue weighted by atomic mass is 10.0. The van der Waals surface area contributed by atoms with Crippen molar-refractivity contribution in [3.63, 3.8) is 0 Å². The summed E-state index contributed by atoms with van der Waals surface area (Å²) in [6.45, 7) is 2.27. The Bertz CT molecular complexity index is 109. The molecule has 4 unspecified atom stereocenters. The Morgan fingerprint density at radius 2 is 2.12 bits per heavy atom. The highest BCUT2D eigenvalue weighted by Crippen LogP contribution is 2.53. The zero-order chi connectivity index (χ0) is 5.72. The van der Waals surface area contributed by atoms with Gasteiger partial charge in [0.2, 0.25) is 0 Å². The van der Waals surface area contributed by atoms with Crippen molar-refractivity contribution in [2.24, 2.45) is 23.5 Å². The highest BCUT2D eigenvalue weighted by molar-refractivity contribution is 5.02. The van der Waals surface area contributed by atoms with Gasteiger partial charge in [-0.1, -0.05) is 6.92 Å². The average molecular weight is 111 g/mol. The van der Waals surface area contributed by atoms with Gasteiger partial charge in [-0.25, -0.2) is 0 Å². The molecule has 0 bridgehead atoms. The molecule has 2 saturated carbocycles. The molecule has 0 radical (unpaired) electrons. The van der Waals surface area contributed by atoms with Gasteiger partial charge in [-0.2, -0.15) is 0 Å². The summed E-state index contributed by atoms with van der Waals surface area (Å²) in [4.78, 5) is 0. The fraction of sp³-hybridized carbons (Fsp3) is 1.00. The van der Waals surface area contributed by atoms with Crippen LogP contribution in [0.4, 0.5) is 0 Å². The van der Waals surface area contributed by atoms with Crippen molar-refractivity contribution in [3.05, 3.63) is 0 Å². The van der Waals surface area contributed by atoms with E-state index in [0.29, 0.717) is 6.04 Å². The number of nitrogens with two attached hydrogens (primary N) is 1. The predicted octanol–water partition coefficient (Wildman–Crippen LogP) is 0.990. The molecule has 8 heavy (non-hydrogen) atoms. The third-order valence-corrected chi connectivity index (χ3v) is 2.80. The lowest BCUT2D eigenvalue weighted by Gasteiger charge is -2.10. The van der Waals surface area contributed by atoms with Crippen molar-refractivity contribution in [1.29, 1.82) is 0 Å². The van der Waals surface area contributed by atoms with Gasteiger partial charge in [-0.3, -0.25) is 0 Å². The zero-order valence-electron chi connectivity index (χ0n) is 5.30. The monoisotopic (exact) mass is 111 g/mol. The first-order valence-electron chi connectivity index (χ1n) is 3.54. The van der Waals surface area contributed by atoms with Gasteiger partial charge in [-0.05, 0) is 30.6 Å². The second-order valence-corrected chi connectivity index (χ2v) is 3.45. The van der Waals surface area contributed by atoms with Crippen LogP contribution >= 0.6 is 0 Å². The van der Waals surface area contributed by atoms with Crippen LogP contribution in [0.25, 0.3) is 0 Å². The molecule has 0 heterocycles. The van der Waals surface area contributed by atoms with Gasteiger partial charge in [0.25, 0.3) is 0 Å². The Hall–Kier alpha value is -0.0400. The fourth-order valence-electron chi connectivity index (χ4n) is 2.07. The number of hydrogen-bond acceptors (Lipinski definition) is 1. The molecule has 2 aliphatic carbocycles. The SMILES string of the molecule is CC1CC2CC2C1N. The minimum absolute atomic E-state index is 0.556. The summed E-state index contributed by atoms with van der Waals surface area (Å²) in [5.74, 6) is 2.80. The van der Waals surface area contributed by atoms with Crippen LogP contribution in [0.5, 0.6) is 0 Å². The molecular formula is C7H13N. The standard InChI is InChI=1S/C7H13N/c1-4-2-5-3-6(5)7(4)8/h4-7H,2-3,8H2,1H3. The zero-order valence-corrected chi connectivity index (χ0v) is 5.30. The van der Waals surface area contributed by atoms with Crippen LogP contribution in [-0.4, -0.2) is 6.04 Å². The first-order chi connectivity index (χ1) is 3.79. The summed E-state index contributed by atoms with van der Waals surface area (Å²) in [7, 11) is 0. The lowest BCUT2D eigenvalue weighted by Crippen LogP contribution is -2.26. The quantitative estimate of drug-likeness (QED) is 0.495. The Balaban J connectivity index is 2.08. The molecule has 0 aromatic heterocycles. The molecule has 0 amide bonds. The van der Waals surface area contributed by atoms with Crippen LogP contribution in [0.3, 0.4) is 0 Å². The van der Waals surface area contributed by atoms with Crippen molar-refractivity contribution in [2.45, 2.75) is 25.8 Å². The molecule has 2 N–H and O–H groups in total. The molecule has 2 aliphatic rings. The predicted molar refractivity (Wildman–Crippen MR) is 33.4 cm³/mol. The van der Waals surface area contributed by atoms with E-state index in [1.807, 2.05) is 0 Å². The normalized spacial score (nSPS) is 60.8. The molecule has 1 heteroatoms. The molecule has 0 aliphatic heterocycles. The van der Waals surface area contributed by atoms with E-state index in [0.717, 1.165) is 17.8 Å². The van der Waals surface area contributed by atoms with Crippen LogP contribution < -0.4 is 5.73 Å². The molecule has 2 rings (SSSR count). The van der Waals surface area contributed by atoms with Crippen molar-refractivity contribution >= 4 is 0 Å². The summed E-state index contributed by atoms with van der Waals surface area (Å²) in [6.07, 6.45) is 2.84. The van der Waals surface area contributed by atoms with Crippen LogP contribution in [0.15, 0.2) is 0 Å². The van der Waals surface area contributed by atoms with Crippen LogP contribution in [0, 0.1) is 17.8 Å². The van der Waals surface area contributed by atoms with Crippen LogP contribution in [-0.2, 0) is 0 Å². The minimum atomic E-state index is 0.556. The van der Waals surface area contributed by atoms with E-state index in [-0.39, 0.29) is 0 Å². The molecule has 0 aromatic carbocycles. The number of rotatable bonds is 0. The molecule has 2 fully saturated rings. The van der Waals surface area contributed by atoms with E-state index in [1.54, 1.807) is 0 Å². The molecule has 0 spiro atoms. The first-order valence-corrected chi connectivity index (χ1v) is 3.54. The van der Waals surface area contributed by atoms with Crippen molar-refractivity contribution in [1.82, 2.24) is 0 Å². The maximum absolute atomic E-state index is 5.86. The van der Waals surface area contributed by atoms with E-state index in [4.69, 9.17) is 5.73 Å². The van der Waals surface area contributed by atoms with Gasteiger partial charge in [0, 0.05) is 6.04 Å². The third kappa shape index (κ3) is 0.455. The summed E-state index contributed by atoms with van der Waals surface area (Å²) < 4.78 is 0. The number of hydrogen-bond donors (Lipinski definition) is 1. The third-order valence-electron chi connectivity index (χ3n) is 2.80. The van der Waals surface area contributed by atoms with Crippen molar-refractivity contribution in [2.75, 3.05) is 0 Å². The first kappa shape index (κ1) is 4.80. The highest BCUT2D eigenvalue weighted by Gasteiger charge is 2.49. The van der Waals surface area contributed by atoms with Crippen molar-refractivity contribution in [3.8, 4) is 0 Å². The minimum Gasteiger partial charge on any atom is -0.327 e. The van der Waals surface area contributed by atoms with Gasteiger partial charge >= 0.3 is 0 Å². The van der Waals surface area contributed by atoms with Gasteiger partial charge in [0.05, 0.1) is 0 Å². The van der Waals surface area contributed by atoms with E-state index in [1.165, 1.54) is 12.8 Å². The highest BCUT2D eigenvalue weighted by atomic mass is 14.8. The molecule has 46 valence electrons. The maximum Gasteiger partial charge on any atom is 0.00958 e. The van der Waals surface area contributed by atoms with E-state index < -0.39 is 0 Å². The average Bonchev–Trinajstić information content (AvgIpc) is 2.39. The Kier molecular flexibility index (Phi) is 0.762. The summed E-state index contributed by atoms with van der Waals surface area (Å²) in [6, 6.07) is 0.556. The van der Waals surface area contributed by atoms with E-state index >= 15 is 0 Å². The summed E-state index contributed by atoms with van der Waals surface area (Å²) in [5.41, 5.74) is 5.86. The molecular weight excluding hydrogens is 98.1 g/mol. The van der Waals surface area contributed by atoms with Gasteiger partial charge in [0.15, 0.2) is 0 Å². The van der Waals surface area contributed by atoms with Crippen LogP contribution in [0.2, 0.25) is 0 Å². The molecule has 0 saturated heterocycles.